The molecule has 0 aliphatic heterocycles. The maximum atomic E-state index is 12.4. The standard InChI is InChI=1S/C18H11Cl2N3OS/c19-13-7-5-12(9-14(13)20)16(24)10-25-18-22-21-17-8-6-11-3-1-2-4-15(11)23(17)18/h1-9H,10H2. The molecule has 0 amide bonds. The highest BCUT2D eigenvalue weighted by Gasteiger charge is 2.13. The van der Waals surface area contributed by atoms with Gasteiger partial charge in [0.15, 0.2) is 16.6 Å². The molecule has 0 spiro atoms. The molecule has 4 aromatic rings. The number of hydrogen-bond acceptors (Lipinski definition) is 4. The fourth-order valence-corrected chi connectivity index (χ4v) is 3.73. The number of fused-ring (bicyclic) bond motifs is 3. The number of thioether (sulfide) groups is 1. The Kier molecular flexibility index (Phi) is 4.37. The number of para-hydroxylation sites is 1. The summed E-state index contributed by atoms with van der Waals surface area (Å²) >= 11 is 13.2. The van der Waals surface area contributed by atoms with Crippen molar-refractivity contribution in [3.8, 4) is 0 Å². The predicted molar refractivity (Wildman–Crippen MR) is 102 cm³/mol. The number of hydrogen-bond donors (Lipinski definition) is 0. The summed E-state index contributed by atoms with van der Waals surface area (Å²) in [6, 6.07) is 16.8. The van der Waals surface area contributed by atoms with Gasteiger partial charge in [0, 0.05) is 5.56 Å². The molecule has 7 heteroatoms. The maximum Gasteiger partial charge on any atom is 0.196 e. The lowest BCUT2D eigenvalue weighted by molar-refractivity contribution is 0.102. The number of carbonyl (C=O) groups is 1. The summed E-state index contributed by atoms with van der Waals surface area (Å²) in [7, 11) is 0. The fraction of sp³-hybridized carbons (Fsp3) is 0.0556. The highest BCUT2D eigenvalue weighted by molar-refractivity contribution is 7.99. The Labute approximate surface area is 157 Å². The van der Waals surface area contributed by atoms with Crippen LogP contribution in [0.1, 0.15) is 10.4 Å². The van der Waals surface area contributed by atoms with E-state index in [2.05, 4.69) is 10.2 Å². The second-order valence-corrected chi connectivity index (χ2v) is 7.17. The zero-order valence-corrected chi connectivity index (χ0v) is 15.1. The molecule has 0 unspecified atom stereocenters. The molecule has 0 saturated carbocycles. The molecule has 2 aromatic heterocycles. The average Bonchev–Trinajstić information content (AvgIpc) is 3.05. The molecular weight excluding hydrogens is 377 g/mol. The molecular formula is C18H11Cl2N3OS. The quantitative estimate of drug-likeness (QED) is 0.358. The summed E-state index contributed by atoms with van der Waals surface area (Å²) in [5, 5.41) is 11.0. The van der Waals surface area contributed by atoms with E-state index >= 15 is 0 Å². The van der Waals surface area contributed by atoms with Gasteiger partial charge in [-0.25, -0.2) is 0 Å². The summed E-state index contributed by atoms with van der Waals surface area (Å²) in [5.74, 6) is 0.197. The van der Waals surface area contributed by atoms with Crippen LogP contribution in [0.3, 0.4) is 0 Å². The van der Waals surface area contributed by atoms with E-state index in [4.69, 9.17) is 23.2 Å². The van der Waals surface area contributed by atoms with Crippen molar-refractivity contribution in [1.82, 2.24) is 14.6 Å². The minimum absolute atomic E-state index is 0.0412. The van der Waals surface area contributed by atoms with Gasteiger partial charge < -0.3 is 0 Å². The van der Waals surface area contributed by atoms with E-state index in [-0.39, 0.29) is 11.5 Å². The van der Waals surface area contributed by atoms with E-state index < -0.39 is 0 Å². The molecule has 4 nitrogen and oxygen atoms in total. The minimum Gasteiger partial charge on any atom is -0.293 e. The molecule has 0 radical (unpaired) electrons. The van der Waals surface area contributed by atoms with Crippen LogP contribution in [0.5, 0.6) is 0 Å². The number of aromatic nitrogens is 3. The lowest BCUT2D eigenvalue weighted by atomic mass is 10.1. The van der Waals surface area contributed by atoms with Crippen LogP contribution in [0.15, 0.2) is 59.8 Å². The van der Waals surface area contributed by atoms with Crippen LogP contribution in [0, 0.1) is 0 Å². The lowest BCUT2D eigenvalue weighted by Crippen LogP contribution is -2.03. The Morgan fingerprint density at radius 1 is 1.00 bits per heavy atom. The molecule has 2 heterocycles. The molecule has 124 valence electrons. The van der Waals surface area contributed by atoms with Crippen LogP contribution in [0.2, 0.25) is 10.0 Å². The van der Waals surface area contributed by atoms with Crippen molar-refractivity contribution in [1.29, 1.82) is 0 Å². The first kappa shape index (κ1) is 16.4. The van der Waals surface area contributed by atoms with Crippen LogP contribution in [0.4, 0.5) is 0 Å². The molecule has 2 aromatic carbocycles. The van der Waals surface area contributed by atoms with Gasteiger partial charge in [0.1, 0.15) is 0 Å². The molecule has 0 bridgehead atoms. The van der Waals surface area contributed by atoms with Gasteiger partial charge in [-0.15, -0.1) is 10.2 Å². The van der Waals surface area contributed by atoms with Crippen LogP contribution < -0.4 is 0 Å². The zero-order valence-electron chi connectivity index (χ0n) is 12.8. The van der Waals surface area contributed by atoms with Gasteiger partial charge in [0.2, 0.25) is 0 Å². The smallest absolute Gasteiger partial charge is 0.196 e. The van der Waals surface area contributed by atoms with Gasteiger partial charge in [-0.1, -0.05) is 53.2 Å². The van der Waals surface area contributed by atoms with Crippen LogP contribution in [0.25, 0.3) is 16.6 Å². The highest BCUT2D eigenvalue weighted by atomic mass is 35.5. The van der Waals surface area contributed by atoms with E-state index in [1.54, 1.807) is 18.2 Å². The summed E-state index contributed by atoms with van der Waals surface area (Å²) in [6.45, 7) is 0. The van der Waals surface area contributed by atoms with Crippen molar-refractivity contribution in [2.45, 2.75) is 5.16 Å². The normalized spacial score (nSPS) is 11.3. The Bertz CT molecular complexity index is 1110. The molecule has 0 saturated heterocycles. The van der Waals surface area contributed by atoms with Crippen LogP contribution >= 0.6 is 35.0 Å². The summed E-state index contributed by atoms with van der Waals surface area (Å²) in [6.07, 6.45) is 0. The second-order valence-electron chi connectivity index (χ2n) is 5.41. The monoisotopic (exact) mass is 387 g/mol. The SMILES string of the molecule is O=C(CSc1nnc2ccc3ccccc3n12)c1ccc(Cl)c(Cl)c1. The zero-order chi connectivity index (χ0) is 17.4. The third kappa shape index (κ3) is 3.11. The van der Waals surface area contributed by atoms with E-state index in [0.29, 0.717) is 20.8 Å². The molecule has 4 rings (SSSR count). The second kappa shape index (κ2) is 6.67. The number of ketones is 1. The summed E-state index contributed by atoms with van der Waals surface area (Å²) in [4.78, 5) is 12.4. The van der Waals surface area contributed by atoms with E-state index in [1.165, 1.54) is 11.8 Å². The van der Waals surface area contributed by atoms with Gasteiger partial charge in [0.25, 0.3) is 0 Å². The van der Waals surface area contributed by atoms with E-state index in [1.807, 2.05) is 40.8 Å². The largest absolute Gasteiger partial charge is 0.293 e. The van der Waals surface area contributed by atoms with Gasteiger partial charge in [-0.05, 0) is 41.8 Å². The topological polar surface area (TPSA) is 47.3 Å². The molecule has 0 N–H and O–H groups in total. The first-order valence-corrected chi connectivity index (χ1v) is 9.21. The van der Waals surface area contributed by atoms with Crippen LogP contribution in [-0.4, -0.2) is 26.1 Å². The van der Waals surface area contributed by atoms with E-state index in [0.717, 1.165) is 16.6 Å². The van der Waals surface area contributed by atoms with Gasteiger partial charge in [0.05, 0.1) is 21.3 Å². The Morgan fingerprint density at radius 3 is 2.68 bits per heavy atom. The lowest BCUT2D eigenvalue weighted by Gasteiger charge is -2.05. The molecule has 0 aliphatic carbocycles. The van der Waals surface area contributed by atoms with E-state index in [9.17, 15) is 4.79 Å². The number of benzene rings is 2. The van der Waals surface area contributed by atoms with Crippen molar-refractivity contribution in [2.75, 3.05) is 5.75 Å². The molecule has 25 heavy (non-hydrogen) atoms. The first-order chi connectivity index (χ1) is 12.1. The summed E-state index contributed by atoms with van der Waals surface area (Å²) in [5.41, 5.74) is 2.29. The van der Waals surface area contributed by atoms with Crippen molar-refractivity contribution < 1.29 is 4.79 Å². The van der Waals surface area contributed by atoms with Crippen molar-refractivity contribution >= 4 is 57.3 Å². The fourth-order valence-electron chi connectivity index (χ4n) is 2.59. The Hall–Kier alpha value is -2.08. The number of carbonyl (C=O) groups excluding carboxylic acids is 1. The predicted octanol–water partition coefficient (Wildman–Crippen LogP) is 5.16. The molecule has 0 atom stereocenters. The first-order valence-electron chi connectivity index (χ1n) is 7.47. The van der Waals surface area contributed by atoms with Crippen molar-refractivity contribution in [3.05, 3.63) is 70.2 Å². The van der Waals surface area contributed by atoms with Gasteiger partial charge in [-0.2, -0.15) is 0 Å². The van der Waals surface area contributed by atoms with Crippen molar-refractivity contribution in [2.24, 2.45) is 0 Å². The number of pyridine rings is 1. The third-order valence-electron chi connectivity index (χ3n) is 3.82. The number of halogens is 2. The van der Waals surface area contributed by atoms with Crippen molar-refractivity contribution in [3.63, 3.8) is 0 Å². The van der Waals surface area contributed by atoms with Gasteiger partial charge in [-0.3, -0.25) is 9.20 Å². The maximum absolute atomic E-state index is 12.4. The minimum atomic E-state index is -0.0412. The van der Waals surface area contributed by atoms with Crippen LogP contribution in [-0.2, 0) is 0 Å². The highest BCUT2D eigenvalue weighted by Crippen LogP contribution is 2.26. The van der Waals surface area contributed by atoms with Gasteiger partial charge >= 0.3 is 0 Å². The number of Topliss-reactive ketones (excluding diaryl/α,β-unsaturated/α-hetero) is 1. The molecule has 0 fully saturated rings. The molecule has 0 aliphatic rings. The summed E-state index contributed by atoms with van der Waals surface area (Å²) < 4.78 is 1.96. The third-order valence-corrected chi connectivity index (χ3v) is 5.49. The Morgan fingerprint density at radius 2 is 1.84 bits per heavy atom. The number of rotatable bonds is 4. The number of nitrogens with zero attached hydrogens (tertiary/aromatic N) is 3. The average molecular weight is 388 g/mol. The Balaban J connectivity index is 1.63.